The second-order valence-corrected chi connectivity index (χ2v) is 6.06. The van der Waals surface area contributed by atoms with Gasteiger partial charge in [-0.1, -0.05) is 35.0 Å². The first-order chi connectivity index (χ1) is 11.2. The zero-order chi connectivity index (χ0) is 16.1. The number of hydrogen-bond acceptors (Lipinski definition) is 4. The van der Waals surface area contributed by atoms with Gasteiger partial charge in [-0.05, 0) is 44.8 Å². The molecule has 1 fully saturated rings. The van der Waals surface area contributed by atoms with Crippen molar-refractivity contribution in [2.24, 2.45) is 0 Å². The number of carbonyl (C=O) groups is 1. The molecule has 1 aromatic heterocycles. The number of amides is 1. The number of benzene rings is 1. The van der Waals surface area contributed by atoms with Gasteiger partial charge in [0.1, 0.15) is 0 Å². The van der Waals surface area contributed by atoms with E-state index in [1.807, 2.05) is 4.68 Å². The van der Waals surface area contributed by atoms with Gasteiger partial charge < -0.3 is 10.6 Å². The lowest BCUT2D eigenvalue weighted by Crippen LogP contribution is -2.29. The Morgan fingerprint density at radius 2 is 2.00 bits per heavy atom. The van der Waals surface area contributed by atoms with E-state index >= 15 is 0 Å². The van der Waals surface area contributed by atoms with E-state index in [2.05, 4.69) is 52.1 Å². The van der Waals surface area contributed by atoms with Crippen molar-refractivity contribution in [3.8, 4) is 0 Å². The first-order valence-corrected chi connectivity index (χ1v) is 8.18. The van der Waals surface area contributed by atoms with Crippen molar-refractivity contribution in [1.29, 1.82) is 0 Å². The minimum Gasteiger partial charge on any atom is -0.350 e. The molecule has 0 atom stereocenters. The lowest BCUT2D eigenvalue weighted by atomic mass is 10.1. The molecule has 1 aromatic carbocycles. The number of aryl methyl sites for hydroxylation is 1. The molecule has 24 heavy (non-hydrogen) atoms. The molecule has 6 nitrogen and oxygen atoms in total. The van der Waals surface area contributed by atoms with E-state index in [0.29, 0.717) is 18.3 Å². The topological polar surface area (TPSA) is 71.8 Å². The summed E-state index contributed by atoms with van der Waals surface area (Å²) in [6, 6.07) is 8.70. The van der Waals surface area contributed by atoms with E-state index in [1.54, 1.807) is 6.20 Å². The summed E-state index contributed by atoms with van der Waals surface area (Å²) in [6.45, 7) is 4.64. The van der Waals surface area contributed by atoms with Crippen LogP contribution in [0.2, 0.25) is 0 Å². The molecule has 7 heteroatoms. The zero-order valence-corrected chi connectivity index (χ0v) is 14.7. The molecule has 1 saturated heterocycles. The number of rotatable bonds is 5. The average Bonchev–Trinajstić information content (AvgIpc) is 3.07. The maximum Gasteiger partial charge on any atom is 0.273 e. The summed E-state index contributed by atoms with van der Waals surface area (Å²) < 4.78 is 1.83. The molecule has 0 saturated carbocycles. The molecule has 0 unspecified atom stereocenters. The number of nitrogens with one attached hydrogen (secondary N) is 2. The number of aromatic nitrogens is 3. The third-order valence-corrected chi connectivity index (χ3v) is 4.25. The summed E-state index contributed by atoms with van der Waals surface area (Å²) in [5, 5.41) is 14.4. The van der Waals surface area contributed by atoms with Crippen LogP contribution in [0.1, 0.15) is 40.5 Å². The summed E-state index contributed by atoms with van der Waals surface area (Å²) in [7, 11) is 0. The fourth-order valence-electron chi connectivity index (χ4n) is 2.80. The summed E-state index contributed by atoms with van der Waals surface area (Å²) in [5.41, 5.74) is 2.86. The summed E-state index contributed by atoms with van der Waals surface area (Å²) >= 11 is 0. The number of hydrogen-bond donors (Lipinski definition) is 2. The summed E-state index contributed by atoms with van der Waals surface area (Å²) in [6.07, 6.45) is 4.63. The highest BCUT2D eigenvalue weighted by Gasteiger charge is 2.18. The van der Waals surface area contributed by atoms with Crippen LogP contribution in [0.3, 0.4) is 0 Å². The minimum absolute atomic E-state index is 0. The van der Waals surface area contributed by atoms with E-state index in [9.17, 15) is 4.79 Å². The first kappa shape index (κ1) is 18.4. The van der Waals surface area contributed by atoms with E-state index in [-0.39, 0.29) is 18.3 Å². The van der Waals surface area contributed by atoms with Gasteiger partial charge in [-0.2, -0.15) is 0 Å². The highest BCUT2D eigenvalue weighted by atomic mass is 35.5. The SMILES string of the molecule is Cc1ccc(CCNC(=O)c2cn(C3CCNCC3)nn2)cc1.Cl. The molecule has 3 rings (SSSR count). The predicted octanol–water partition coefficient (Wildman–Crippen LogP) is 1.91. The van der Waals surface area contributed by atoms with Gasteiger partial charge >= 0.3 is 0 Å². The van der Waals surface area contributed by atoms with Gasteiger partial charge in [-0.3, -0.25) is 4.79 Å². The van der Waals surface area contributed by atoms with Crippen LogP contribution in [0.4, 0.5) is 0 Å². The molecule has 2 N–H and O–H groups in total. The van der Waals surface area contributed by atoms with E-state index in [4.69, 9.17) is 0 Å². The Hall–Kier alpha value is -1.92. The van der Waals surface area contributed by atoms with Crippen LogP contribution in [0, 0.1) is 6.92 Å². The first-order valence-electron chi connectivity index (χ1n) is 8.18. The van der Waals surface area contributed by atoms with Crippen molar-refractivity contribution >= 4 is 18.3 Å². The van der Waals surface area contributed by atoms with E-state index < -0.39 is 0 Å². The molecule has 1 aliphatic heterocycles. The van der Waals surface area contributed by atoms with Gasteiger partial charge in [0.05, 0.1) is 12.2 Å². The number of nitrogens with zero attached hydrogens (tertiary/aromatic N) is 3. The van der Waals surface area contributed by atoms with Gasteiger partial charge in [0, 0.05) is 6.54 Å². The van der Waals surface area contributed by atoms with Gasteiger partial charge in [0.25, 0.3) is 5.91 Å². The van der Waals surface area contributed by atoms with Crippen LogP contribution in [-0.4, -0.2) is 40.5 Å². The largest absolute Gasteiger partial charge is 0.350 e. The van der Waals surface area contributed by atoms with Crippen molar-refractivity contribution in [1.82, 2.24) is 25.6 Å². The standard InChI is InChI=1S/C17H23N5O.ClH/c1-13-2-4-14(5-3-13)6-11-19-17(23)16-12-22(21-20-16)15-7-9-18-10-8-15;/h2-5,12,15,18H,6-11H2,1H3,(H,19,23);1H. The summed E-state index contributed by atoms with van der Waals surface area (Å²) in [5.74, 6) is -0.155. The highest BCUT2D eigenvalue weighted by Crippen LogP contribution is 2.16. The maximum absolute atomic E-state index is 12.1. The number of piperidine rings is 1. The second-order valence-electron chi connectivity index (χ2n) is 6.06. The number of halogens is 1. The van der Waals surface area contributed by atoms with Gasteiger partial charge in [-0.15, -0.1) is 17.5 Å². The monoisotopic (exact) mass is 349 g/mol. The third kappa shape index (κ3) is 4.79. The Kier molecular flexibility index (Phi) is 6.75. The van der Waals surface area contributed by atoms with Crippen molar-refractivity contribution in [3.63, 3.8) is 0 Å². The molecule has 1 amide bonds. The Balaban J connectivity index is 0.00000208. The predicted molar refractivity (Wildman–Crippen MR) is 95.6 cm³/mol. The Morgan fingerprint density at radius 3 is 2.71 bits per heavy atom. The molecular weight excluding hydrogens is 326 g/mol. The molecule has 130 valence electrons. The van der Waals surface area contributed by atoms with Crippen LogP contribution < -0.4 is 10.6 Å². The highest BCUT2D eigenvalue weighted by molar-refractivity contribution is 5.91. The Bertz CT molecular complexity index is 649. The molecule has 0 bridgehead atoms. The van der Waals surface area contributed by atoms with E-state index in [1.165, 1.54) is 11.1 Å². The van der Waals surface area contributed by atoms with Gasteiger partial charge in [0.15, 0.2) is 5.69 Å². The third-order valence-electron chi connectivity index (χ3n) is 4.25. The van der Waals surface area contributed by atoms with Crippen LogP contribution in [-0.2, 0) is 6.42 Å². The fraction of sp³-hybridized carbons (Fsp3) is 0.471. The minimum atomic E-state index is -0.155. The van der Waals surface area contributed by atoms with Gasteiger partial charge in [-0.25, -0.2) is 4.68 Å². The molecule has 0 spiro atoms. The molecule has 2 aromatic rings. The molecule has 1 aliphatic rings. The Labute approximate surface area is 148 Å². The van der Waals surface area contributed by atoms with Crippen molar-refractivity contribution in [3.05, 3.63) is 47.3 Å². The maximum atomic E-state index is 12.1. The quantitative estimate of drug-likeness (QED) is 0.865. The van der Waals surface area contributed by atoms with Crippen LogP contribution in [0.5, 0.6) is 0 Å². The van der Waals surface area contributed by atoms with Gasteiger partial charge in [0.2, 0.25) is 0 Å². The van der Waals surface area contributed by atoms with Crippen LogP contribution in [0.25, 0.3) is 0 Å². The molecular formula is C17H24ClN5O. The smallest absolute Gasteiger partial charge is 0.273 e. The average molecular weight is 350 g/mol. The molecule has 0 aliphatic carbocycles. The molecule has 2 heterocycles. The lowest BCUT2D eigenvalue weighted by Gasteiger charge is -2.22. The lowest BCUT2D eigenvalue weighted by molar-refractivity contribution is 0.0949. The number of carbonyl (C=O) groups excluding carboxylic acids is 1. The normalized spacial score (nSPS) is 14.9. The molecule has 0 radical (unpaired) electrons. The van der Waals surface area contributed by atoms with Crippen molar-refractivity contribution in [2.75, 3.05) is 19.6 Å². The second kappa shape index (κ2) is 8.80. The van der Waals surface area contributed by atoms with Crippen LogP contribution >= 0.6 is 12.4 Å². The van der Waals surface area contributed by atoms with E-state index in [0.717, 1.165) is 32.4 Å². The van der Waals surface area contributed by atoms with Crippen molar-refractivity contribution in [2.45, 2.75) is 32.2 Å². The van der Waals surface area contributed by atoms with Crippen molar-refractivity contribution < 1.29 is 4.79 Å². The Morgan fingerprint density at radius 1 is 1.29 bits per heavy atom. The fourth-order valence-corrected chi connectivity index (χ4v) is 2.80. The summed E-state index contributed by atoms with van der Waals surface area (Å²) in [4.78, 5) is 12.1. The van der Waals surface area contributed by atoms with Crippen LogP contribution in [0.15, 0.2) is 30.5 Å². The zero-order valence-electron chi connectivity index (χ0n) is 13.9.